The third-order valence-corrected chi connectivity index (χ3v) is 3.96. The number of benzene rings is 1. The molecule has 1 heterocycles. The summed E-state index contributed by atoms with van der Waals surface area (Å²) in [5, 5.41) is 7.46. The fourth-order valence-electron chi connectivity index (χ4n) is 2.30. The SMILES string of the molecule is CCNC(=NCCc1ccc(C)nc1)NC(C)c1ccc(Cl)cc1. The van der Waals surface area contributed by atoms with Gasteiger partial charge in [0.05, 0.1) is 6.04 Å². The molecule has 2 aromatic rings. The first-order valence-corrected chi connectivity index (χ1v) is 8.68. The number of halogens is 1. The van der Waals surface area contributed by atoms with Gasteiger partial charge in [-0.3, -0.25) is 9.98 Å². The quantitative estimate of drug-likeness (QED) is 0.617. The molecule has 0 spiro atoms. The van der Waals surface area contributed by atoms with Crippen molar-refractivity contribution in [2.45, 2.75) is 33.2 Å². The topological polar surface area (TPSA) is 49.3 Å². The number of pyridine rings is 1. The molecule has 1 atom stereocenters. The third-order valence-electron chi connectivity index (χ3n) is 3.71. The van der Waals surface area contributed by atoms with Gasteiger partial charge in [0.15, 0.2) is 5.96 Å². The lowest BCUT2D eigenvalue weighted by Gasteiger charge is -2.18. The van der Waals surface area contributed by atoms with Crippen molar-refractivity contribution < 1.29 is 0 Å². The molecule has 0 radical (unpaired) electrons. The molecule has 2 N–H and O–H groups in total. The Kier molecular flexibility index (Phi) is 7.07. The second kappa shape index (κ2) is 9.28. The summed E-state index contributed by atoms with van der Waals surface area (Å²) in [7, 11) is 0. The van der Waals surface area contributed by atoms with Gasteiger partial charge >= 0.3 is 0 Å². The van der Waals surface area contributed by atoms with E-state index in [2.05, 4.69) is 40.5 Å². The molecule has 5 heteroatoms. The van der Waals surface area contributed by atoms with Gasteiger partial charge in [0.2, 0.25) is 0 Å². The Bertz CT molecular complexity index is 650. The van der Waals surface area contributed by atoms with Crippen LogP contribution in [0.15, 0.2) is 47.6 Å². The maximum absolute atomic E-state index is 5.95. The molecule has 2 rings (SSSR count). The van der Waals surface area contributed by atoms with Gasteiger partial charge in [-0.1, -0.05) is 29.8 Å². The van der Waals surface area contributed by atoms with Gasteiger partial charge in [0.1, 0.15) is 0 Å². The van der Waals surface area contributed by atoms with Gasteiger partial charge in [-0.05, 0) is 56.5 Å². The molecule has 4 nitrogen and oxygen atoms in total. The van der Waals surface area contributed by atoms with Crippen LogP contribution in [0, 0.1) is 6.92 Å². The third kappa shape index (κ3) is 5.85. The molecule has 0 aliphatic heterocycles. The van der Waals surface area contributed by atoms with Crippen molar-refractivity contribution in [1.82, 2.24) is 15.6 Å². The van der Waals surface area contributed by atoms with Crippen molar-refractivity contribution >= 4 is 17.6 Å². The molecule has 0 aliphatic carbocycles. The van der Waals surface area contributed by atoms with Crippen LogP contribution in [-0.4, -0.2) is 24.0 Å². The van der Waals surface area contributed by atoms with Crippen LogP contribution < -0.4 is 10.6 Å². The minimum atomic E-state index is 0.154. The van der Waals surface area contributed by atoms with E-state index in [1.165, 1.54) is 11.1 Å². The van der Waals surface area contributed by atoms with Crippen LogP contribution in [0.4, 0.5) is 0 Å². The van der Waals surface area contributed by atoms with E-state index in [0.29, 0.717) is 6.54 Å². The molecule has 0 saturated carbocycles. The molecule has 1 aromatic heterocycles. The molecule has 128 valence electrons. The van der Waals surface area contributed by atoms with Crippen molar-refractivity contribution in [3.63, 3.8) is 0 Å². The summed E-state index contributed by atoms with van der Waals surface area (Å²) >= 11 is 5.95. The van der Waals surface area contributed by atoms with E-state index >= 15 is 0 Å². The number of guanidine groups is 1. The van der Waals surface area contributed by atoms with E-state index in [1.807, 2.05) is 43.5 Å². The number of hydrogen-bond donors (Lipinski definition) is 2. The van der Waals surface area contributed by atoms with Crippen LogP contribution in [0.3, 0.4) is 0 Å². The van der Waals surface area contributed by atoms with Crippen molar-refractivity contribution in [3.8, 4) is 0 Å². The summed E-state index contributed by atoms with van der Waals surface area (Å²) in [6.07, 6.45) is 2.79. The molecular formula is C19H25ClN4. The predicted molar refractivity (Wildman–Crippen MR) is 102 cm³/mol. The zero-order valence-corrected chi connectivity index (χ0v) is 15.3. The van der Waals surface area contributed by atoms with Gasteiger partial charge in [0.25, 0.3) is 0 Å². The number of aliphatic imine (C=N–C) groups is 1. The Morgan fingerprint density at radius 2 is 1.96 bits per heavy atom. The lowest BCUT2D eigenvalue weighted by molar-refractivity contribution is 0.686. The average molecular weight is 345 g/mol. The van der Waals surface area contributed by atoms with Crippen LogP contribution in [-0.2, 0) is 6.42 Å². The summed E-state index contributed by atoms with van der Waals surface area (Å²) in [4.78, 5) is 8.97. The van der Waals surface area contributed by atoms with E-state index in [0.717, 1.165) is 29.6 Å². The standard InChI is InChI=1S/C19H25ClN4/c1-4-21-19(22-12-11-16-6-5-14(2)23-13-16)24-15(3)17-7-9-18(20)10-8-17/h5-10,13,15H,4,11-12H2,1-3H3,(H2,21,22,24). The van der Waals surface area contributed by atoms with Crippen molar-refractivity contribution in [2.75, 3.05) is 13.1 Å². The van der Waals surface area contributed by atoms with Crippen molar-refractivity contribution in [2.24, 2.45) is 4.99 Å². The molecule has 1 aromatic carbocycles. The normalized spacial score (nSPS) is 12.8. The number of hydrogen-bond acceptors (Lipinski definition) is 2. The predicted octanol–water partition coefficient (Wildman–Crippen LogP) is 3.90. The van der Waals surface area contributed by atoms with Crippen LogP contribution in [0.1, 0.15) is 36.7 Å². The molecule has 0 aliphatic rings. The van der Waals surface area contributed by atoms with Gasteiger partial charge < -0.3 is 10.6 Å². The second-order valence-electron chi connectivity index (χ2n) is 5.74. The van der Waals surface area contributed by atoms with E-state index in [9.17, 15) is 0 Å². The highest BCUT2D eigenvalue weighted by Gasteiger charge is 2.07. The fraction of sp³-hybridized carbons (Fsp3) is 0.368. The van der Waals surface area contributed by atoms with Crippen molar-refractivity contribution in [3.05, 3.63) is 64.4 Å². The van der Waals surface area contributed by atoms with Gasteiger partial charge in [-0.2, -0.15) is 0 Å². The Morgan fingerprint density at radius 3 is 2.58 bits per heavy atom. The number of rotatable bonds is 6. The Labute approximate surface area is 149 Å². The minimum Gasteiger partial charge on any atom is -0.357 e. The maximum Gasteiger partial charge on any atom is 0.191 e. The van der Waals surface area contributed by atoms with E-state index < -0.39 is 0 Å². The van der Waals surface area contributed by atoms with Crippen LogP contribution in [0.5, 0.6) is 0 Å². The number of aryl methyl sites for hydroxylation is 1. The molecule has 0 fully saturated rings. The van der Waals surface area contributed by atoms with Crippen LogP contribution >= 0.6 is 11.6 Å². The summed E-state index contributed by atoms with van der Waals surface area (Å²) in [6.45, 7) is 7.71. The first-order chi connectivity index (χ1) is 11.6. The summed E-state index contributed by atoms with van der Waals surface area (Å²) in [5.74, 6) is 0.819. The summed E-state index contributed by atoms with van der Waals surface area (Å²) in [5.41, 5.74) is 3.41. The average Bonchev–Trinajstić information content (AvgIpc) is 2.57. The van der Waals surface area contributed by atoms with Crippen LogP contribution in [0.25, 0.3) is 0 Å². The maximum atomic E-state index is 5.95. The molecule has 0 amide bonds. The van der Waals surface area contributed by atoms with E-state index in [-0.39, 0.29) is 6.04 Å². The first-order valence-electron chi connectivity index (χ1n) is 8.30. The van der Waals surface area contributed by atoms with Gasteiger partial charge in [-0.15, -0.1) is 0 Å². The second-order valence-corrected chi connectivity index (χ2v) is 6.17. The van der Waals surface area contributed by atoms with Gasteiger partial charge in [0, 0.05) is 30.0 Å². The zero-order valence-electron chi connectivity index (χ0n) is 14.5. The Hall–Kier alpha value is -2.07. The zero-order chi connectivity index (χ0) is 17.4. The largest absolute Gasteiger partial charge is 0.357 e. The Balaban J connectivity index is 1.94. The molecular weight excluding hydrogens is 320 g/mol. The van der Waals surface area contributed by atoms with Gasteiger partial charge in [-0.25, -0.2) is 0 Å². The van der Waals surface area contributed by atoms with Crippen LogP contribution in [0.2, 0.25) is 5.02 Å². The monoisotopic (exact) mass is 344 g/mol. The highest BCUT2D eigenvalue weighted by Crippen LogP contribution is 2.15. The Morgan fingerprint density at radius 1 is 1.21 bits per heavy atom. The summed E-state index contributed by atoms with van der Waals surface area (Å²) in [6, 6.07) is 12.2. The number of nitrogens with zero attached hydrogens (tertiary/aromatic N) is 2. The fourth-order valence-corrected chi connectivity index (χ4v) is 2.43. The number of nitrogens with one attached hydrogen (secondary N) is 2. The highest BCUT2D eigenvalue weighted by molar-refractivity contribution is 6.30. The van der Waals surface area contributed by atoms with E-state index in [1.54, 1.807) is 0 Å². The lowest BCUT2D eigenvalue weighted by atomic mass is 10.1. The molecule has 0 saturated heterocycles. The summed E-state index contributed by atoms with van der Waals surface area (Å²) < 4.78 is 0. The van der Waals surface area contributed by atoms with Crippen molar-refractivity contribution in [1.29, 1.82) is 0 Å². The lowest BCUT2D eigenvalue weighted by Crippen LogP contribution is -2.38. The smallest absolute Gasteiger partial charge is 0.191 e. The highest BCUT2D eigenvalue weighted by atomic mass is 35.5. The van der Waals surface area contributed by atoms with E-state index in [4.69, 9.17) is 11.6 Å². The first kappa shape index (κ1) is 18.3. The molecule has 1 unspecified atom stereocenters. The molecule has 24 heavy (non-hydrogen) atoms. The number of aromatic nitrogens is 1. The minimum absolute atomic E-state index is 0.154. The molecule has 0 bridgehead atoms.